The zero-order valence-corrected chi connectivity index (χ0v) is 17.8. The number of allylic oxidation sites excluding steroid dienone is 1. The minimum atomic E-state index is -0.516. The first-order valence-corrected chi connectivity index (χ1v) is 10.3. The molecule has 1 aliphatic heterocycles. The highest BCUT2D eigenvalue weighted by Crippen LogP contribution is 2.36. The van der Waals surface area contributed by atoms with Gasteiger partial charge in [0.15, 0.2) is 5.82 Å². The third-order valence-corrected chi connectivity index (χ3v) is 5.36. The van der Waals surface area contributed by atoms with Crippen molar-refractivity contribution in [3.8, 4) is 11.4 Å². The number of anilines is 2. The molecule has 0 bridgehead atoms. The van der Waals surface area contributed by atoms with Crippen molar-refractivity contribution in [3.05, 3.63) is 95.0 Å². The van der Waals surface area contributed by atoms with Crippen molar-refractivity contribution in [3.63, 3.8) is 0 Å². The van der Waals surface area contributed by atoms with E-state index in [0.717, 1.165) is 11.1 Å². The first-order chi connectivity index (χ1) is 15.6. The summed E-state index contributed by atoms with van der Waals surface area (Å²) in [4.78, 5) is 26.4. The highest BCUT2D eigenvalue weighted by Gasteiger charge is 2.34. The summed E-state index contributed by atoms with van der Waals surface area (Å²) < 4.78 is 1.71. The molecule has 5 rings (SSSR count). The van der Waals surface area contributed by atoms with Gasteiger partial charge in [-0.15, -0.1) is 5.10 Å². The van der Waals surface area contributed by atoms with Crippen LogP contribution in [0.3, 0.4) is 0 Å². The molecule has 0 saturated carbocycles. The molecule has 2 N–H and O–H groups in total. The second-order valence-electron chi connectivity index (χ2n) is 7.23. The van der Waals surface area contributed by atoms with Gasteiger partial charge in [0.25, 0.3) is 5.91 Å². The number of rotatable bonds is 4. The Balaban J connectivity index is 1.59. The lowest BCUT2D eigenvalue weighted by Crippen LogP contribution is -2.31. The molecular weight excluding hydrogens is 426 g/mol. The first-order valence-electron chi connectivity index (χ1n) is 9.93. The van der Waals surface area contributed by atoms with Crippen LogP contribution in [0.25, 0.3) is 11.4 Å². The Hall–Kier alpha value is -4.04. The Morgan fingerprint density at radius 3 is 2.66 bits per heavy atom. The fourth-order valence-electron chi connectivity index (χ4n) is 3.63. The van der Waals surface area contributed by atoms with Crippen molar-refractivity contribution >= 4 is 29.3 Å². The van der Waals surface area contributed by atoms with Crippen molar-refractivity contribution in [1.29, 1.82) is 0 Å². The lowest BCUT2D eigenvalue weighted by Gasteiger charge is -2.28. The van der Waals surface area contributed by atoms with Crippen molar-refractivity contribution in [2.45, 2.75) is 13.0 Å². The molecule has 158 valence electrons. The van der Waals surface area contributed by atoms with Crippen LogP contribution in [0.15, 0.2) is 84.5 Å². The van der Waals surface area contributed by atoms with Crippen molar-refractivity contribution < 1.29 is 4.79 Å². The summed E-state index contributed by atoms with van der Waals surface area (Å²) in [7, 11) is 0. The smallest absolute Gasteiger partial charge is 0.257 e. The molecule has 1 aliphatic rings. The molecule has 1 amide bonds. The molecule has 0 radical (unpaired) electrons. The maximum absolute atomic E-state index is 13.3. The molecule has 4 heterocycles. The van der Waals surface area contributed by atoms with Crippen LogP contribution in [0.4, 0.5) is 11.8 Å². The second kappa shape index (κ2) is 8.24. The summed E-state index contributed by atoms with van der Waals surface area (Å²) in [6.45, 7) is 1.84. The van der Waals surface area contributed by atoms with Crippen molar-refractivity contribution in [2.24, 2.45) is 0 Å². The minimum absolute atomic E-state index is 0.281. The summed E-state index contributed by atoms with van der Waals surface area (Å²) in [6.07, 6.45) is 5.05. The summed E-state index contributed by atoms with van der Waals surface area (Å²) in [5, 5.41) is 11.5. The van der Waals surface area contributed by atoms with Gasteiger partial charge in [-0.2, -0.15) is 4.98 Å². The molecule has 1 unspecified atom stereocenters. The van der Waals surface area contributed by atoms with Crippen LogP contribution in [-0.2, 0) is 4.79 Å². The van der Waals surface area contributed by atoms with Gasteiger partial charge in [0.1, 0.15) is 11.9 Å². The molecule has 8 nitrogen and oxygen atoms in total. The zero-order valence-electron chi connectivity index (χ0n) is 17.0. The highest BCUT2D eigenvalue weighted by molar-refractivity contribution is 6.30. The van der Waals surface area contributed by atoms with E-state index in [1.54, 1.807) is 47.5 Å². The number of nitrogens with zero attached hydrogens (tertiary/aromatic N) is 5. The molecule has 0 aliphatic carbocycles. The van der Waals surface area contributed by atoms with E-state index in [-0.39, 0.29) is 5.91 Å². The van der Waals surface area contributed by atoms with Crippen LogP contribution in [0.2, 0.25) is 5.02 Å². The number of hydrogen-bond acceptors (Lipinski definition) is 6. The number of pyridine rings is 2. The molecule has 3 aromatic heterocycles. The van der Waals surface area contributed by atoms with Gasteiger partial charge in [-0.3, -0.25) is 9.78 Å². The number of aromatic nitrogens is 5. The Morgan fingerprint density at radius 2 is 1.94 bits per heavy atom. The van der Waals surface area contributed by atoms with E-state index in [0.29, 0.717) is 33.9 Å². The molecule has 0 fully saturated rings. The fraction of sp³-hybridized carbons (Fsp3) is 0.0870. The van der Waals surface area contributed by atoms with E-state index in [2.05, 4.69) is 25.6 Å². The third-order valence-electron chi connectivity index (χ3n) is 5.11. The Bertz CT molecular complexity index is 1300. The standard InChI is InChI=1S/C23H18ClN7O/c1-14-19(22(32)28-18-6-2-3-12-26-18)20(16-5-4-11-25-13-16)31-23(27-14)29-21(30-31)15-7-9-17(24)10-8-15/h2-13,20H,1H3,(H,26,28,32)(H,27,29,30). The number of halogens is 1. The largest absolute Gasteiger partial charge is 0.328 e. The molecule has 1 aromatic carbocycles. The van der Waals surface area contributed by atoms with E-state index in [1.807, 2.05) is 37.3 Å². The van der Waals surface area contributed by atoms with Gasteiger partial charge in [-0.1, -0.05) is 23.7 Å². The lowest BCUT2D eigenvalue weighted by molar-refractivity contribution is -0.113. The van der Waals surface area contributed by atoms with Gasteiger partial charge in [0, 0.05) is 34.9 Å². The number of carbonyl (C=O) groups is 1. The van der Waals surface area contributed by atoms with Crippen LogP contribution in [-0.4, -0.2) is 30.6 Å². The quantitative estimate of drug-likeness (QED) is 0.487. The number of benzene rings is 1. The maximum atomic E-state index is 13.3. The number of hydrogen-bond donors (Lipinski definition) is 2. The van der Waals surface area contributed by atoms with E-state index in [1.165, 1.54) is 0 Å². The summed E-state index contributed by atoms with van der Waals surface area (Å²) >= 11 is 6.02. The Morgan fingerprint density at radius 1 is 1.09 bits per heavy atom. The highest BCUT2D eigenvalue weighted by atomic mass is 35.5. The van der Waals surface area contributed by atoms with Gasteiger partial charge in [-0.25, -0.2) is 9.67 Å². The van der Waals surface area contributed by atoms with E-state index in [9.17, 15) is 4.79 Å². The first kappa shape index (κ1) is 19.9. The van der Waals surface area contributed by atoms with Gasteiger partial charge < -0.3 is 10.6 Å². The zero-order chi connectivity index (χ0) is 22.1. The summed E-state index contributed by atoms with van der Waals surface area (Å²) in [6, 6.07) is 15.9. The van der Waals surface area contributed by atoms with Gasteiger partial charge >= 0.3 is 0 Å². The molecule has 4 aromatic rings. The number of amides is 1. The molecule has 0 saturated heterocycles. The Kier molecular flexibility index (Phi) is 5.12. The molecule has 0 spiro atoms. The predicted octanol–water partition coefficient (Wildman–Crippen LogP) is 4.32. The van der Waals surface area contributed by atoms with Crippen LogP contribution in [0, 0.1) is 0 Å². The van der Waals surface area contributed by atoms with E-state index >= 15 is 0 Å². The minimum Gasteiger partial charge on any atom is -0.328 e. The average molecular weight is 444 g/mol. The number of fused-ring (bicyclic) bond motifs is 1. The SMILES string of the molecule is CC1=C(C(=O)Nc2ccccn2)C(c2cccnc2)n2nc(-c3ccc(Cl)cc3)nc2N1. The fourth-order valence-corrected chi connectivity index (χ4v) is 3.76. The number of nitrogens with one attached hydrogen (secondary N) is 2. The van der Waals surface area contributed by atoms with Crippen LogP contribution < -0.4 is 10.6 Å². The normalized spacial score (nSPS) is 15.1. The van der Waals surface area contributed by atoms with E-state index < -0.39 is 6.04 Å². The molecular formula is C23H18ClN7O. The monoisotopic (exact) mass is 443 g/mol. The van der Waals surface area contributed by atoms with Crippen molar-refractivity contribution in [1.82, 2.24) is 24.7 Å². The summed E-state index contributed by atoms with van der Waals surface area (Å²) in [5.41, 5.74) is 2.81. The molecule has 1 atom stereocenters. The third kappa shape index (κ3) is 3.72. The van der Waals surface area contributed by atoms with Crippen LogP contribution in [0.5, 0.6) is 0 Å². The molecule has 32 heavy (non-hydrogen) atoms. The van der Waals surface area contributed by atoms with Gasteiger partial charge in [0.2, 0.25) is 5.95 Å². The summed E-state index contributed by atoms with van der Waals surface area (Å²) in [5.74, 6) is 1.25. The van der Waals surface area contributed by atoms with Gasteiger partial charge in [0.05, 0.1) is 5.57 Å². The predicted molar refractivity (Wildman–Crippen MR) is 122 cm³/mol. The Labute approximate surface area is 189 Å². The maximum Gasteiger partial charge on any atom is 0.257 e. The molecule has 9 heteroatoms. The number of carbonyl (C=O) groups excluding carboxylic acids is 1. The average Bonchev–Trinajstić information content (AvgIpc) is 3.23. The lowest BCUT2D eigenvalue weighted by atomic mass is 9.96. The van der Waals surface area contributed by atoms with E-state index in [4.69, 9.17) is 16.7 Å². The topological polar surface area (TPSA) is 97.6 Å². The van der Waals surface area contributed by atoms with Crippen molar-refractivity contribution in [2.75, 3.05) is 10.6 Å². The van der Waals surface area contributed by atoms with Gasteiger partial charge in [-0.05, 0) is 55.0 Å². The van der Waals surface area contributed by atoms with Crippen LogP contribution >= 0.6 is 11.6 Å². The second-order valence-corrected chi connectivity index (χ2v) is 7.67. The van der Waals surface area contributed by atoms with Crippen LogP contribution in [0.1, 0.15) is 18.5 Å².